The van der Waals surface area contributed by atoms with Crippen LogP contribution in [0, 0.1) is 6.92 Å². The zero-order valence-corrected chi connectivity index (χ0v) is 16.3. The van der Waals surface area contributed by atoms with Crippen molar-refractivity contribution in [1.29, 1.82) is 0 Å². The molecule has 132 valence electrons. The zero-order valence-electron chi connectivity index (χ0n) is 14.7. The number of aryl methyl sites for hydroxylation is 1. The van der Waals surface area contributed by atoms with E-state index in [1.807, 2.05) is 0 Å². The van der Waals surface area contributed by atoms with Gasteiger partial charge in [0, 0.05) is 56.3 Å². The van der Waals surface area contributed by atoms with Crippen molar-refractivity contribution >= 4 is 27.7 Å². The normalized spacial score (nSPS) is 18.4. The van der Waals surface area contributed by atoms with Crippen LogP contribution in [0.5, 0.6) is 0 Å². The van der Waals surface area contributed by atoms with Gasteiger partial charge in [0.2, 0.25) is 5.95 Å². The summed E-state index contributed by atoms with van der Waals surface area (Å²) in [5, 5.41) is 0. The fraction of sp³-hybridized carbons (Fsp3) is 0.556. The molecule has 2 aliphatic rings. The highest BCUT2D eigenvalue weighted by molar-refractivity contribution is 9.10. The fourth-order valence-corrected chi connectivity index (χ4v) is 3.60. The minimum atomic E-state index is 0.461. The molecule has 1 saturated carbocycles. The maximum Gasteiger partial charge on any atom is 0.225 e. The van der Waals surface area contributed by atoms with E-state index in [9.17, 15) is 0 Å². The summed E-state index contributed by atoms with van der Waals surface area (Å²) in [4.78, 5) is 22.9. The van der Waals surface area contributed by atoms with E-state index in [4.69, 9.17) is 4.98 Å². The minimum Gasteiger partial charge on any atom is -0.356 e. The molecule has 3 heterocycles. The summed E-state index contributed by atoms with van der Waals surface area (Å²) in [6.07, 6.45) is 8.25. The molecule has 0 spiro atoms. The van der Waals surface area contributed by atoms with Crippen molar-refractivity contribution in [1.82, 2.24) is 19.9 Å². The van der Waals surface area contributed by atoms with Gasteiger partial charge in [-0.2, -0.15) is 0 Å². The Bertz CT molecular complexity index is 738. The van der Waals surface area contributed by atoms with Gasteiger partial charge in [0.1, 0.15) is 11.6 Å². The molecule has 0 amide bonds. The lowest BCUT2D eigenvalue weighted by atomic mass is 10.0. The molecule has 1 saturated heterocycles. The third-order valence-electron chi connectivity index (χ3n) is 5.06. The van der Waals surface area contributed by atoms with E-state index in [1.165, 1.54) is 12.8 Å². The lowest BCUT2D eigenvalue weighted by Gasteiger charge is -2.37. The average Bonchev–Trinajstić information content (AvgIpc) is 3.47. The van der Waals surface area contributed by atoms with Gasteiger partial charge < -0.3 is 9.80 Å². The van der Waals surface area contributed by atoms with Crippen LogP contribution in [0.25, 0.3) is 0 Å². The number of piperidine rings is 1. The van der Waals surface area contributed by atoms with Crippen molar-refractivity contribution in [2.45, 2.75) is 44.6 Å². The Labute approximate surface area is 156 Å². The van der Waals surface area contributed by atoms with Crippen LogP contribution in [-0.2, 0) is 0 Å². The highest BCUT2D eigenvalue weighted by Gasteiger charge is 2.29. The molecule has 1 aliphatic carbocycles. The Morgan fingerprint density at radius 1 is 1.08 bits per heavy atom. The highest BCUT2D eigenvalue weighted by atomic mass is 79.9. The maximum atomic E-state index is 4.83. The lowest BCUT2D eigenvalue weighted by Crippen LogP contribution is -2.44. The molecule has 0 N–H and O–H groups in total. The standard InChI is InChI=1S/C18H23BrN6/c1-12-9-16(23-17(22-12)13-3-4-13)25-7-5-15(6-8-25)24(2)18-20-10-14(19)11-21-18/h9-11,13,15H,3-8H2,1-2H3. The van der Waals surface area contributed by atoms with Gasteiger partial charge in [0.15, 0.2) is 0 Å². The average molecular weight is 403 g/mol. The Morgan fingerprint density at radius 2 is 1.76 bits per heavy atom. The van der Waals surface area contributed by atoms with Crippen LogP contribution in [0.15, 0.2) is 22.9 Å². The van der Waals surface area contributed by atoms with Crippen LogP contribution in [0.1, 0.15) is 43.1 Å². The van der Waals surface area contributed by atoms with Crippen LogP contribution in [0.3, 0.4) is 0 Å². The Kier molecular flexibility index (Phi) is 4.58. The molecule has 0 atom stereocenters. The van der Waals surface area contributed by atoms with Crippen molar-refractivity contribution in [2.24, 2.45) is 0 Å². The molecule has 0 aromatic carbocycles. The topological polar surface area (TPSA) is 58.0 Å². The first-order valence-corrected chi connectivity index (χ1v) is 9.70. The van der Waals surface area contributed by atoms with Gasteiger partial charge >= 0.3 is 0 Å². The number of halogens is 1. The second kappa shape index (κ2) is 6.86. The second-order valence-electron chi connectivity index (χ2n) is 7.03. The van der Waals surface area contributed by atoms with Crippen molar-refractivity contribution in [2.75, 3.05) is 29.9 Å². The molecule has 1 aliphatic heterocycles. The molecular formula is C18H23BrN6. The Balaban J connectivity index is 1.42. The molecule has 2 fully saturated rings. The van der Waals surface area contributed by atoms with Gasteiger partial charge in [-0.1, -0.05) is 0 Å². The molecule has 6 nitrogen and oxygen atoms in total. The van der Waals surface area contributed by atoms with Crippen molar-refractivity contribution in [3.8, 4) is 0 Å². The van der Waals surface area contributed by atoms with Crippen LogP contribution in [0.4, 0.5) is 11.8 Å². The molecule has 2 aromatic rings. The van der Waals surface area contributed by atoms with E-state index < -0.39 is 0 Å². The quantitative estimate of drug-likeness (QED) is 0.781. The number of nitrogens with zero attached hydrogens (tertiary/aromatic N) is 6. The van der Waals surface area contributed by atoms with Crippen LogP contribution < -0.4 is 9.80 Å². The molecule has 0 unspecified atom stereocenters. The monoisotopic (exact) mass is 402 g/mol. The first-order valence-electron chi connectivity index (χ1n) is 8.91. The van der Waals surface area contributed by atoms with Gasteiger partial charge in [-0.25, -0.2) is 19.9 Å². The predicted octanol–water partition coefficient (Wildman–Crippen LogP) is 3.32. The number of anilines is 2. The first-order chi connectivity index (χ1) is 12.1. The smallest absolute Gasteiger partial charge is 0.225 e. The SMILES string of the molecule is Cc1cc(N2CCC(N(C)c3ncc(Br)cn3)CC2)nc(C2CC2)n1. The van der Waals surface area contributed by atoms with Crippen molar-refractivity contribution in [3.63, 3.8) is 0 Å². The van der Waals surface area contributed by atoms with Gasteiger partial charge in [-0.05, 0) is 48.5 Å². The molecule has 2 aromatic heterocycles. The number of rotatable bonds is 4. The summed E-state index contributed by atoms with van der Waals surface area (Å²) in [7, 11) is 2.09. The number of hydrogen-bond donors (Lipinski definition) is 0. The van der Waals surface area contributed by atoms with E-state index in [0.717, 1.165) is 53.7 Å². The highest BCUT2D eigenvalue weighted by Crippen LogP contribution is 2.38. The molecule has 7 heteroatoms. The zero-order chi connectivity index (χ0) is 17.4. The third-order valence-corrected chi connectivity index (χ3v) is 5.47. The molecule has 4 rings (SSSR count). The van der Waals surface area contributed by atoms with Gasteiger partial charge in [-0.3, -0.25) is 0 Å². The van der Waals surface area contributed by atoms with E-state index in [-0.39, 0.29) is 0 Å². The van der Waals surface area contributed by atoms with Crippen LogP contribution in [0.2, 0.25) is 0 Å². The van der Waals surface area contributed by atoms with Crippen LogP contribution in [-0.4, -0.2) is 46.1 Å². The summed E-state index contributed by atoms with van der Waals surface area (Å²) in [5.41, 5.74) is 1.08. The summed E-state index contributed by atoms with van der Waals surface area (Å²) in [6.45, 7) is 4.08. The van der Waals surface area contributed by atoms with Crippen LogP contribution >= 0.6 is 15.9 Å². The molecule has 0 bridgehead atoms. The van der Waals surface area contributed by atoms with Gasteiger partial charge in [-0.15, -0.1) is 0 Å². The first kappa shape index (κ1) is 16.7. The summed E-state index contributed by atoms with van der Waals surface area (Å²) in [6, 6.07) is 2.58. The number of aromatic nitrogens is 4. The maximum absolute atomic E-state index is 4.83. The Hall–Kier alpha value is -1.76. The van der Waals surface area contributed by atoms with Crippen molar-refractivity contribution < 1.29 is 0 Å². The summed E-state index contributed by atoms with van der Waals surface area (Å²) < 4.78 is 0.907. The third kappa shape index (κ3) is 3.76. The largest absolute Gasteiger partial charge is 0.356 e. The summed E-state index contributed by atoms with van der Waals surface area (Å²) in [5.74, 6) is 3.51. The van der Waals surface area contributed by atoms with Gasteiger partial charge in [0.05, 0.1) is 4.47 Å². The second-order valence-corrected chi connectivity index (χ2v) is 7.95. The van der Waals surface area contributed by atoms with Gasteiger partial charge in [0.25, 0.3) is 0 Å². The van der Waals surface area contributed by atoms with E-state index >= 15 is 0 Å². The predicted molar refractivity (Wildman–Crippen MR) is 102 cm³/mol. The molecule has 25 heavy (non-hydrogen) atoms. The lowest BCUT2D eigenvalue weighted by molar-refractivity contribution is 0.475. The fourth-order valence-electron chi connectivity index (χ4n) is 3.39. The van der Waals surface area contributed by atoms with E-state index in [2.05, 4.69) is 60.7 Å². The Morgan fingerprint density at radius 3 is 2.40 bits per heavy atom. The molecular weight excluding hydrogens is 380 g/mol. The summed E-state index contributed by atoms with van der Waals surface area (Å²) >= 11 is 3.39. The van der Waals surface area contributed by atoms with E-state index in [0.29, 0.717) is 12.0 Å². The number of hydrogen-bond acceptors (Lipinski definition) is 6. The van der Waals surface area contributed by atoms with Crippen molar-refractivity contribution in [3.05, 3.63) is 34.5 Å². The molecule has 0 radical (unpaired) electrons. The van der Waals surface area contributed by atoms with E-state index in [1.54, 1.807) is 12.4 Å². The minimum absolute atomic E-state index is 0.461.